The number of hydrogen-bond donors (Lipinski definition) is 2. The third-order valence-electron chi connectivity index (χ3n) is 2.47. The first-order chi connectivity index (χ1) is 7.93. The van der Waals surface area contributed by atoms with Gasteiger partial charge < -0.3 is 0 Å². The van der Waals surface area contributed by atoms with Crippen molar-refractivity contribution in [3.8, 4) is 0 Å². The molecule has 0 heterocycles. The van der Waals surface area contributed by atoms with Crippen LogP contribution in [0.3, 0.4) is 0 Å². The topological polar surface area (TPSA) is 106 Å². The number of aryl methyl sites for hydroxylation is 2. The standard InChI is InChI=1S/C10H16N2O4S2/c1-6-5-7(2)10(18(11,15)16)8(3)9(6)12-17(4,13)14/h5,12H,1-4H3,(H2,11,15,16). The van der Waals surface area contributed by atoms with Crippen LogP contribution in [0.4, 0.5) is 5.69 Å². The molecule has 0 unspecified atom stereocenters. The summed E-state index contributed by atoms with van der Waals surface area (Å²) in [6.07, 6.45) is 1.00. The Labute approximate surface area is 107 Å². The number of benzene rings is 1. The number of nitrogens with one attached hydrogen (secondary N) is 1. The molecule has 0 spiro atoms. The second-order valence-electron chi connectivity index (χ2n) is 4.26. The molecule has 18 heavy (non-hydrogen) atoms. The normalized spacial score (nSPS) is 12.5. The molecule has 0 saturated carbocycles. The molecule has 0 saturated heterocycles. The summed E-state index contributed by atoms with van der Waals surface area (Å²) >= 11 is 0. The SMILES string of the molecule is Cc1cc(C)c(S(N)(=O)=O)c(C)c1NS(C)(=O)=O. The Morgan fingerprint density at radius 3 is 1.94 bits per heavy atom. The average Bonchev–Trinajstić information content (AvgIpc) is 2.07. The fourth-order valence-electron chi connectivity index (χ4n) is 1.95. The Balaban J connectivity index is 3.66. The number of hydrogen-bond acceptors (Lipinski definition) is 4. The zero-order valence-electron chi connectivity index (χ0n) is 10.6. The summed E-state index contributed by atoms with van der Waals surface area (Å²) in [6, 6.07) is 1.58. The van der Waals surface area contributed by atoms with Gasteiger partial charge >= 0.3 is 0 Å². The predicted molar refractivity (Wildman–Crippen MR) is 70.5 cm³/mol. The van der Waals surface area contributed by atoms with E-state index in [4.69, 9.17) is 5.14 Å². The summed E-state index contributed by atoms with van der Waals surface area (Å²) < 4.78 is 47.8. The minimum absolute atomic E-state index is 0.0424. The van der Waals surface area contributed by atoms with Gasteiger partial charge in [0.15, 0.2) is 0 Å². The van der Waals surface area contributed by atoms with Crippen LogP contribution < -0.4 is 9.86 Å². The summed E-state index contributed by atoms with van der Waals surface area (Å²) in [4.78, 5) is -0.0424. The molecule has 0 amide bonds. The van der Waals surface area contributed by atoms with Gasteiger partial charge in [-0.3, -0.25) is 4.72 Å². The summed E-state index contributed by atoms with van der Waals surface area (Å²) in [5.74, 6) is 0. The van der Waals surface area contributed by atoms with Gasteiger partial charge in [0.2, 0.25) is 20.0 Å². The summed E-state index contributed by atoms with van der Waals surface area (Å²) in [7, 11) is -7.38. The van der Waals surface area contributed by atoms with E-state index in [9.17, 15) is 16.8 Å². The summed E-state index contributed by atoms with van der Waals surface area (Å²) in [5, 5.41) is 5.14. The Morgan fingerprint density at radius 2 is 1.56 bits per heavy atom. The van der Waals surface area contributed by atoms with E-state index in [-0.39, 0.29) is 10.6 Å². The van der Waals surface area contributed by atoms with Crippen LogP contribution in [-0.4, -0.2) is 23.1 Å². The second-order valence-corrected chi connectivity index (χ2v) is 7.51. The largest absolute Gasteiger partial charge is 0.283 e. The van der Waals surface area contributed by atoms with Crippen molar-refractivity contribution in [1.29, 1.82) is 0 Å². The Bertz CT molecular complexity index is 691. The minimum atomic E-state index is -3.89. The van der Waals surface area contributed by atoms with Crippen LogP contribution in [-0.2, 0) is 20.0 Å². The molecule has 0 aliphatic rings. The summed E-state index contributed by atoms with van der Waals surface area (Å²) in [5.41, 5.74) is 1.70. The van der Waals surface area contributed by atoms with Crippen LogP contribution in [0.2, 0.25) is 0 Å². The molecule has 0 radical (unpaired) electrons. The van der Waals surface area contributed by atoms with Crippen molar-refractivity contribution in [2.45, 2.75) is 25.7 Å². The van der Waals surface area contributed by atoms with Gasteiger partial charge in [-0.2, -0.15) is 0 Å². The van der Waals surface area contributed by atoms with E-state index in [1.807, 2.05) is 0 Å². The highest BCUT2D eigenvalue weighted by atomic mass is 32.2. The zero-order chi connectivity index (χ0) is 14.3. The minimum Gasteiger partial charge on any atom is -0.283 e. The molecule has 0 aromatic heterocycles. The lowest BCUT2D eigenvalue weighted by Gasteiger charge is -2.16. The molecule has 6 nitrogen and oxygen atoms in total. The van der Waals surface area contributed by atoms with E-state index in [1.165, 1.54) is 6.92 Å². The second kappa shape index (κ2) is 4.52. The monoisotopic (exact) mass is 292 g/mol. The van der Waals surface area contributed by atoms with Gasteiger partial charge in [0.25, 0.3) is 0 Å². The van der Waals surface area contributed by atoms with E-state index in [1.54, 1.807) is 19.9 Å². The molecular formula is C10H16N2O4S2. The van der Waals surface area contributed by atoms with Gasteiger partial charge in [0.05, 0.1) is 16.8 Å². The Morgan fingerprint density at radius 1 is 1.06 bits per heavy atom. The molecule has 1 aromatic carbocycles. The van der Waals surface area contributed by atoms with Gasteiger partial charge in [-0.05, 0) is 37.5 Å². The van der Waals surface area contributed by atoms with Crippen LogP contribution in [0.1, 0.15) is 16.7 Å². The predicted octanol–water partition coefficient (Wildman–Crippen LogP) is 0.631. The van der Waals surface area contributed by atoms with E-state index in [0.717, 1.165) is 6.26 Å². The highest BCUT2D eigenvalue weighted by Gasteiger charge is 2.20. The Hall–Kier alpha value is -1.12. The maximum absolute atomic E-state index is 11.5. The van der Waals surface area contributed by atoms with Crippen LogP contribution >= 0.6 is 0 Å². The number of sulfonamides is 2. The van der Waals surface area contributed by atoms with Crippen molar-refractivity contribution in [3.63, 3.8) is 0 Å². The fraction of sp³-hybridized carbons (Fsp3) is 0.400. The Kier molecular flexibility index (Phi) is 3.75. The van der Waals surface area contributed by atoms with E-state index in [0.29, 0.717) is 16.7 Å². The van der Waals surface area contributed by atoms with Crippen LogP contribution in [0.15, 0.2) is 11.0 Å². The molecule has 0 atom stereocenters. The highest BCUT2D eigenvalue weighted by molar-refractivity contribution is 7.92. The van der Waals surface area contributed by atoms with Crippen LogP contribution in [0, 0.1) is 20.8 Å². The molecule has 3 N–H and O–H groups in total. The zero-order valence-corrected chi connectivity index (χ0v) is 12.2. The third kappa shape index (κ3) is 3.21. The van der Waals surface area contributed by atoms with Gasteiger partial charge in [0, 0.05) is 0 Å². The molecule has 1 rings (SSSR count). The lowest BCUT2D eigenvalue weighted by atomic mass is 10.1. The molecule has 0 fully saturated rings. The van der Waals surface area contributed by atoms with Gasteiger partial charge in [-0.15, -0.1) is 0 Å². The van der Waals surface area contributed by atoms with E-state index >= 15 is 0 Å². The molecular weight excluding hydrogens is 276 g/mol. The van der Waals surface area contributed by atoms with Crippen molar-refractivity contribution in [1.82, 2.24) is 0 Å². The van der Waals surface area contributed by atoms with Crippen molar-refractivity contribution in [3.05, 3.63) is 22.8 Å². The maximum Gasteiger partial charge on any atom is 0.238 e. The van der Waals surface area contributed by atoms with Crippen molar-refractivity contribution >= 4 is 25.7 Å². The smallest absolute Gasteiger partial charge is 0.238 e. The number of primary sulfonamides is 1. The first-order valence-corrected chi connectivity index (χ1v) is 8.48. The fourth-order valence-corrected chi connectivity index (χ4v) is 3.67. The molecule has 0 aliphatic carbocycles. The van der Waals surface area contributed by atoms with Gasteiger partial charge in [-0.1, -0.05) is 6.07 Å². The van der Waals surface area contributed by atoms with Crippen LogP contribution in [0.5, 0.6) is 0 Å². The molecule has 102 valence electrons. The van der Waals surface area contributed by atoms with Crippen molar-refractivity contribution < 1.29 is 16.8 Å². The quantitative estimate of drug-likeness (QED) is 0.852. The van der Waals surface area contributed by atoms with E-state index < -0.39 is 20.0 Å². The average molecular weight is 292 g/mol. The first kappa shape index (κ1) is 14.9. The third-order valence-corrected chi connectivity index (χ3v) is 4.25. The molecule has 1 aromatic rings. The maximum atomic E-state index is 11.5. The number of nitrogens with two attached hydrogens (primary N) is 1. The lowest BCUT2D eigenvalue weighted by Crippen LogP contribution is -2.18. The number of rotatable bonds is 3. The highest BCUT2D eigenvalue weighted by Crippen LogP contribution is 2.29. The number of anilines is 1. The summed E-state index contributed by atoms with van der Waals surface area (Å²) in [6.45, 7) is 4.83. The van der Waals surface area contributed by atoms with Crippen LogP contribution in [0.25, 0.3) is 0 Å². The van der Waals surface area contributed by atoms with Gasteiger partial charge in [0.1, 0.15) is 0 Å². The molecule has 8 heteroatoms. The molecule has 0 aliphatic heterocycles. The molecule has 0 bridgehead atoms. The first-order valence-electron chi connectivity index (χ1n) is 5.05. The van der Waals surface area contributed by atoms with Crippen molar-refractivity contribution in [2.24, 2.45) is 5.14 Å². The lowest BCUT2D eigenvalue weighted by molar-refractivity contribution is 0.596. The van der Waals surface area contributed by atoms with E-state index in [2.05, 4.69) is 4.72 Å². The van der Waals surface area contributed by atoms with Gasteiger partial charge in [-0.25, -0.2) is 22.0 Å². The van der Waals surface area contributed by atoms with Crippen molar-refractivity contribution in [2.75, 3.05) is 11.0 Å².